The van der Waals surface area contributed by atoms with Gasteiger partial charge in [0.2, 0.25) is 0 Å². The van der Waals surface area contributed by atoms with E-state index in [0.29, 0.717) is 11.0 Å². The summed E-state index contributed by atoms with van der Waals surface area (Å²) in [6, 6.07) is 9.26. The molecule has 5 heterocycles. The molecule has 0 amide bonds. The second-order valence-corrected chi connectivity index (χ2v) is 27.4. The molecule has 0 radical (unpaired) electrons. The van der Waals surface area contributed by atoms with E-state index < -0.39 is 11.6 Å². The van der Waals surface area contributed by atoms with Gasteiger partial charge in [-0.2, -0.15) is 8.75 Å². The molecule has 0 bridgehead atoms. The molecular weight excluding hydrogens is 1060 g/mol. The smallest absolute Gasteiger partial charge is 0.170 e. The van der Waals surface area contributed by atoms with Gasteiger partial charge in [0.25, 0.3) is 0 Å². The third-order valence-electron chi connectivity index (χ3n) is 15.3. The average Bonchev–Trinajstić information content (AvgIpc) is 4.20. The van der Waals surface area contributed by atoms with Crippen molar-refractivity contribution in [3.63, 3.8) is 0 Å². The Hall–Kier alpha value is -1.34. The first kappa shape index (κ1) is 52.0. The Bertz CT molecular complexity index is 2340. The Kier molecular flexibility index (Phi) is 18.9. The fourth-order valence-electron chi connectivity index (χ4n) is 11.7. The summed E-state index contributed by atoms with van der Waals surface area (Å²) in [6.07, 6.45) is 34.4. The minimum atomic E-state index is -0.793. The quantitative estimate of drug-likeness (QED) is 0.0420. The molecule has 0 atom stereocenters. The maximum Gasteiger partial charge on any atom is 0.170 e. The molecule has 6 aromatic rings. The molecule has 5 aromatic heterocycles. The summed E-state index contributed by atoms with van der Waals surface area (Å²) in [5.41, 5.74) is 6.81. The predicted molar refractivity (Wildman–Crippen MR) is 300 cm³/mol. The first-order valence-corrected chi connectivity index (χ1v) is 31.8. The van der Waals surface area contributed by atoms with Crippen LogP contribution in [-0.4, -0.2) is 8.75 Å². The van der Waals surface area contributed by atoms with Gasteiger partial charge in [-0.1, -0.05) is 182 Å². The van der Waals surface area contributed by atoms with Gasteiger partial charge in [-0.25, -0.2) is 8.78 Å². The van der Waals surface area contributed by atoms with Crippen LogP contribution in [0.3, 0.4) is 0 Å². The van der Waals surface area contributed by atoms with Crippen molar-refractivity contribution in [3.8, 4) is 40.4 Å². The van der Waals surface area contributed by atoms with Gasteiger partial charge in [-0.3, -0.25) is 0 Å². The van der Waals surface area contributed by atoms with Crippen LogP contribution >= 0.6 is 88.9 Å². The highest BCUT2D eigenvalue weighted by Crippen LogP contribution is 2.64. The number of nitrogens with zero attached hydrogens (tertiary/aromatic N) is 2. The predicted octanol–water partition coefficient (Wildman–Crippen LogP) is 22.6. The largest absolute Gasteiger partial charge is 0.203 e. The van der Waals surface area contributed by atoms with Gasteiger partial charge in [0.15, 0.2) is 11.6 Å². The SMILES string of the molecule is CCCCCCCCC1(CCCCCCCC)c2cc(Br)sc2-c2sc(-c3c(F)c(F)c(-c4cc5c(s4)-c4sc(Br)cc4C5(CCCCCCCC)CCCCCCCC)c4nsnc34)cc21. The fraction of sp³-hybridized carbons (Fsp3) is 0.607. The molecule has 0 saturated carbocycles. The summed E-state index contributed by atoms with van der Waals surface area (Å²) in [7, 11) is 0. The molecule has 364 valence electrons. The van der Waals surface area contributed by atoms with Gasteiger partial charge < -0.3 is 0 Å². The number of halogens is 4. The number of aromatic nitrogens is 2. The molecule has 1 aromatic carbocycles. The van der Waals surface area contributed by atoms with Crippen molar-refractivity contribution < 1.29 is 8.78 Å². The highest BCUT2D eigenvalue weighted by Gasteiger charge is 2.47. The Labute approximate surface area is 438 Å². The molecule has 0 unspecified atom stereocenters. The number of benzene rings is 1. The number of fused-ring (bicyclic) bond motifs is 7. The van der Waals surface area contributed by atoms with Crippen LogP contribution in [0.5, 0.6) is 0 Å². The van der Waals surface area contributed by atoms with E-state index in [1.807, 2.05) is 0 Å². The van der Waals surface area contributed by atoms with Crippen molar-refractivity contribution in [2.45, 2.75) is 218 Å². The normalized spacial score (nSPS) is 14.4. The summed E-state index contributed by atoms with van der Waals surface area (Å²) in [4.78, 5) is 6.62. The van der Waals surface area contributed by atoms with Crippen LogP contribution < -0.4 is 0 Å². The third kappa shape index (κ3) is 10.9. The standard InChI is InChI=1S/C56H72Br2F2N2S5/c1-5-9-13-17-21-25-29-55(30-26-22-18-14-10-6-2)37-33-41(63-51(37)53-39(55)35-43(57)65-53)45-47(59)48(60)46(50-49(45)61-67-62-50)42-34-38-52(64-42)54-40(36-44(58)66-54)56(38,31-27-23-19-15-11-7-3)32-28-24-20-16-12-8-4/h33-36H,5-32H2,1-4H3. The Morgan fingerprint density at radius 3 is 1.01 bits per heavy atom. The van der Waals surface area contributed by atoms with E-state index in [1.165, 1.54) is 196 Å². The zero-order valence-corrected chi connectivity index (χ0v) is 47.8. The summed E-state index contributed by atoms with van der Waals surface area (Å²) in [6.45, 7) is 9.12. The molecule has 67 heavy (non-hydrogen) atoms. The molecule has 0 aliphatic heterocycles. The van der Waals surface area contributed by atoms with E-state index in [0.717, 1.165) is 54.7 Å². The van der Waals surface area contributed by atoms with Crippen molar-refractivity contribution in [2.24, 2.45) is 0 Å². The summed E-state index contributed by atoms with van der Waals surface area (Å²) in [5, 5.41) is 0. The monoisotopic (exact) mass is 1130 g/mol. The number of thiophene rings is 4. The number of hydrogen-bond donors (Lipinski definition) is 0. The maximum absolute atomic E-state index is 17.4. The van der Waals surface area contributed by atoms with Crippen molar-refractivity contribution in [1.82, 2.24) is 8.75 Å². The highest BCUT2D eigenvalue weighted by atomic mass is 79.9. The van der Waals surface area contributed by atoms with Gasteiger partial charge in [0.05, 0.1) is 30.4 Å². The topological polar surface area (TPSA) is 25.8 Å². The molecule has 11 heteroatoms. The Morgan fingerprint density at radius 1 is 0.403 bits per heavy atom. The van der Waals surface area contributed by atoms with Gasteiger partial charge in [0, 0.05) is 40.1 Å². The van der Waals surface area contributed by atoms with Crippen LogP contribution in [-0.2, 0) is 10.8 Å². The lowest BCUT2D eigenvalue weighted by Gasteiger charge is -2.31. The van der Waals surface area contributed by atoms with E-state index in [2.05, 4.69) is 83.8 Å². The minimum absolute atomic E-state index is 0.128. The lowest BCUT2D eigenvalue weighted by atomic mass is 9.71. The van der Waals surface area contributed by atoms with Gasteiger partial charge in [-0.15, -0.1) is 45.3 Å². The molecule has 0 N–H and O–H groups in total. The van der Waals surface area contributed by atoms with E-state index in [1.54, 1.807) is 45.3 Å². The molecule has 0 spiro atoms. The number of rotatable bonds is 30. The van der Waals surface area contributed by atoms with Crippen LogP contribution in [0, 0.1) is 11.6 Å². The molecule has 0 fully saturated rings. The second kappa shape index (κ2) is 24.4. The van der Waals surface area contributed by atoms with Crippen molar-refractivity contribution in [1.29, 1.82) is 0 Å². The second-order valence-electron chi connectivity index (χ2n) is 19.9. The number of unbranched alkanes of at least 4 members (excludes halogenated alkanes) is 20. The first-order valence-electron chi connectivity index (χ1n) is 26.3. The van der Waals surface area contributed by atoms with Crippen LogP contribution in [0.15, 0.2) is 31.8 Å². The molecule has 2 aliphatic rings. The average molecular weight is 1130 g/mol. The number of hydrogen-bond acceptors (Lipinski definition) is 7. The molecule has 2 aliphatic carbocycles. The molecule has 0 saturated heterocycles. The summed E-state index contributed by atoms with van der Waals surface area (Å²) >= 11 is 15.7. The zero-order valence-electron chi connectivity index (χ0n) is 40.6. The van der Waals surface area contributed by atoms with Crippen molar-refractivity contribution in [3.05, 3.63) is 65.7 Å². The molecular formula is C56H72Br2F2N2S5. The van der Waals surface area contributed by atoms with Crippen LogP contribution in [0.2, 0.25) is 0 Å². The Morgan fingerprint density at radius 2 is 0.687 bits per heavy atom. The van der Waals surface area contributed by atoms with Crippen LogP contribution in [0.1, 0.15) is 230 Å². The lowest BCUT2D eigenvalue weighted by molar-refractivity contribution is 0.398. The fourth-order valence-corrected chi connectivity index (χ4v) is 18.6. The van der Waals surface area contributed by atoms with E-state index >= 15 is 8.78 Å². The van der Waals surface area contributed by atoms with Crippen LogP contribution in [0.25, 0.3) is 51.4 Å². The minimum Gasteiger partial charge on any atom is -0.203 e. The Balaban J connectivity index is 1.17. The summed E-state index contributed by atoms with van der Waals surface area (Å²) in [5.74, 6) is -1.59. The van der Waals surface area contributed by atoms with E-state index in [-0.39, 0.29) is 22.0 Å². The van der Waals surface area contributed by atoms with Gasteiger partial charge in [-0.05, 0) is 104 Å². The summed E-state index contributed by atoms with van der Waals surface area (Å²) < 4.78 is 46.8. The highest BCUT2D eigenvalue weighted by molar-refractivity contribution is 9.11. The zero-order chi connectivity index (χ0) is 47.0. The maximum atomic E-state index is 17.4. The van der Waals surface area contributed by atoms with Crippen molar-refractivity contribution >= 4 is 100.0 Å². The van der Waals surface area contributed by atoms with Crippen molar-refractivity contribution in [2.75, 3.05) is 0 Å². The lowest BCUT2D eigenvalue weighted by Crippen LogP contribution is -2.25. The molecule has 8 rings (SSSR count). The third-order valence-corrected chi connectivity index (χ3v) is 21.7. The van der Waals surface area contributed by atoms with E-state index in [4.69, 9.17) is 8.75 Å². The van der Waals surface area contributed by atoms with Crippen LogP contribution in [0.4, 0.5) is 8.78 Å². The van der Waals surface area contributed by atoms with Gasteiger partial charge in [0.1, 0.15) is 11.0 Å². The first-order chi connectivity index (χ1) is 32.7. The molecule has 2 nitrogen and oxygen atoms in total. The van der Waals surface area contributed by atoms with E-state index in [9.17, 15) is 0 Å². The van der Waals surface area contributed by atoms with Gasteiger partial charge >= 0.3 is 0 Å².